The van der Waals surface area contributed by atoms with Crippen molar-refractivity contribution < 1.29 is 9.53 Å². The van der Waals surface area contributed by atoms with Crippen molar-refractivity contribution in [2.45, 2.75) is 45.3 Å². The Morgan fingerprint density at radius 3 is 2.54 bits per heavy atom. The van der Waals surface area contributed by atoms with E-state index < -0.39 is 0 Å². The molecular weight excluding hydrogens is 304 g/mol. The van der Waals surface area contributed by atoms with Gasteiger partial charge in [0.1, 0.15) is 5.75 Å². The standard InChI is InChI=1S/C18H26N4O2/c1-14(5-6-16-7-9-17(24-3)10-8-16)20-18(23)21-15(2)13-22-12-4-11-19-22/h4,7-12,14-15H,5-6,13H2,1-3H3,(H2,20,21,23). The van der Waals surface area contributed by atoms with E-state index >= 15 is 0 Å². The number of methoxy groups -OCH3 is 1. The first-order valence-corrected chi connectivity index (χ1v) is 8.24. The van der Waals surface area contributed by atoms with Crippen molar-refractivity contribution >= 4 is 6.03 Å². The molecule has 0 saturated heterocycles. The fourth-order valence-electron chi connectivity index (χ4n) is 2.47. The molecule has 0 aliphatic heterocycles. The summed E-state index contributed by atoms with van der Waals surface area (Å²) in [6.45, 7) is 4.63. The first-order chi connectivity index (χ1) is 11.6. The maximum Gasteiger partial charge on any atom is 0.315 e. The molecule has 1 heterocycles. The molecule has 6 nitrogen and oxygen atoms in total. The predicted molar refractivity (Wildman–Crippen MR) is 94.1 cm³/mol. The summed E-state index contributed by atoms with van der Waals surface area (Å²) in [6, 6.07) is 9.86. The molecule has 0 fully saturated rings. The van der Waals surface area contributed by atoms with Gasteiger partial charge in [-0.3, -0.25) is 4.68 Å². The maximum absolute atomic E-state index is 12.0. The topological polar surface area (TPSA) is 68.2 Å². The molecule has 0 radical (unpaired) electrons. The van der Waals surface area contributed by atoms with Crippen molar-refractivity contribution in [2.75, 3.05) is 7.11 Å². The highest BCUT2D eigenvalue weighted by Gasteiger charge is 2.11. The van der Waals surface area contributed by atoms with Crippen LogP contribution in [0.2, 0.25) is 0 Å². The minimum atomic E-state index is -0.142. The summed E-state index contributed by atoms with van der Waals surface area (Å²) >= 11 is 0. The number of carbonyl (C=O) groups is 1. The molecule has 2 N–H and O–H groups in total. The second-order valence-electron chi connectivity index (χ2n) is 6.03. The van der Waals surface area contributed by atoms with E-state index in [9.17, 15) is 4.79 Å². The highest BCUT2D eigenvalue weighted by atomic mass is 16.5. The minimum absolute atomic E-state index is 0.0127. The number of aryl methyl sites for hydroxylation is 1. The van der Waals surface area contributed by atoms with Crippen LogP contribution in [0.4, 0.5) is 4.79 Å². The van der Waals surface area contributed by atoms with Gasteiger partial charge in [0.25, 0.3) is 0 Å². The number of urea groups is 1. The molecule has 0 spiro atoms. The summed E-state index contributed by atoms with van der Waals surface area (Å²) in [5.41, 5.74) is 1.23. The van der Waals surface area contributed by atoms with Gasteiger partial charge in [0, 0.05) is 24.5 Å². The second kappa shape index (κ2) is 8.96. The van der Waals surface area contributed by atoms with Gasteiger partial charge in [0.05, 0.1) is 13.7 Å². The number of benzene rings is 1. The maximum atomic E-state index is 12.0. The molecule has 0 saturated carbocycles. The lowest BCUT2D eigenvalue weighted by molar-refractivity contribution is 0.232. The van der Waals surface area contributed by atoms with Crippen LogP contribution in [0.1, 0.15) is 25.8 Å². The van der Waals surface area contributed by atoms with Crippen molar-refractivity contribution in [3.05, 3.63) is 48.3 Å². The van der Waals surface area contributed by atoms with Crippen LogP contribution in [-0.4, -0.2) is 35.0 Å². The van der Waals surface area contributed by atoms with Gasteiger partial charge in [0.15, 0.2) is 0 Å². The fourth-order valence-corrected chi connectivity index (χ4v) is 2.47. The van der Waals surface area contributed by atoms with Gasteiger partial charge < -0.3 is 15.4 Å². The lowest BCUT2D eigenvalue weighted by Gasteiger charge is -2.18. The first-order valence-electron chi connectivity index (χ1n) is 8.24. The van der Waals surface area contributed by atoms with Gasteiger partial charge in [-0.2, -0.15) is 5.10 Å². The third-order valence-corrected chi connectivity index (χ3v) is 3.80. The number of amides is 2. The summed E-state index contributed by atoms with van der Waals surface area (Å²) in [5.74, 6) is 0.857. The lowest BCUT2D eigenvalue weighted by atomic mass is 10.1. The second-order valence-corrected chi connectivity index (χ2v) is 6.03. The van der Waals surface area contributed by atoms with E-state index in [2.05, 4.69) is 27.9 Å². The third kappa shape index (κ3) is 5.95. The molecule has 2 aromatic rings. The summed E-state index contributed by atoms with van der Waals surface area (Å²) in [6.07, 6.45) is 5.41. The number of rotatable bonds is 8. The van der Waals surface area contributed by atoms with Crippen molar-refractivity contribution in [2.24, 2.45) is 0 Å². The molecule has 1 aromatic carbocycles. The Morgan fingerprint density at radius 1 is 1.21 bits per heavy atom. The molecule has 0 bridgehead atoms. The predicted octanol–water partition coefficient (Wildman–Crippen LogP) is 2.60. The normalized spacial score (nSPS) is 13.1. The molecule has 1 aromatic heterocycles. The molecule has 2 rings (SSSR count). The van der Waals surface area contributed by atoms with Crippen molar-refractivity contribution in [3.8, 4) is 5.75 Å². The molecular formula is C18H26N4O2. The number of nitrogens with zero attached hydrogens (tertiary/aromatic N) is 2. The number of hydrogen-bond acceptors (Lipinski definition) is 3. The highest BCUT2D eigenvalue weighted by Crippen LogP contribution is 2.13. The number of nitrogens with one attached hydrogen (secondary N) is 2. The Morgan fingerprint density at radius 2 is 1.92 bits per heavy atom. The SMILES string of the molecule is COc1ccc(CCC(C)NC(=O)NC(C)Cn2cccn2)cc1. The molecule has 2 unspecified atom stereocenters. The third-order valence-electron chi connectivity index (χ3n) is 3.80. The Bertz CT molecular complexity index is 610. The van der Waals surface area contributed by atoms with Crippen molar-refractivity contribution in [1.29, 1.82) is 0 Å². The number of hydrogen-bond donors (Lipinski definition) is 2. The fraction of sp³-hybridized carbons (Fsp3) is 0.444. The number of aromatic nitrogens is 2. The van der Waals surface area contributed by atoms with Gasteiger partial charge in [-0.05, 0) is 50.5 Å². The quantitative estimate of drug-likeness (QED) is 0.782. The summed E-state index contributed by atoms with van der Waals surface area (Å²) in [7, 11) is 1.66. The van der Waals surface area contributed by atoms with Crippen LogP contribution >= 0.6 is 0 Å². The molecule has 6 heteroatoms. The average Bonchev–Trinajstić information content (AvgIpc) is 3.06. The van der Waals surface area contributed by atoms with E-state index in [1.807, 2.05) is 38.2 Å². The van der Waals surface area contributed by atoms with E-state index in [1.165, 1.54) is 5.56 Å². The van der Waals surface area contributed by atoms with Crippen LogP contribution in [0.15, 0.2) is 42.7 Å². The Balaban J connectivity index is 1.68. The highest BCUT2D eigenvalue weighted by molar-refractivity contribution is 5.74. The molecule has 2 atom stereocenters. The monoisotopic (exact) mass is 330 g/mol. The van der Waals surface area contributed by atoms with Crippen LogP contribution in [0, 0.1) is 0 Å². The molecule has 24 heavy (non-hydrogen) atoms. The van der Waals surface area contributed by atoms with E-state index in [4.69, 9.17) is 4.74 Å². The summed E-state index contributed by atoms with van der Waals surface area (Å²) in [4.78, 5) is 12.0. The van der Waals surface area contributed by atoms with Crippen LogP contribution in [-0.2, 0) is 13.0 Å². The Labute approximate surface area is 143 Å². The van der Waals surface area contributed by atoms with Crippen molar-refractivity contribution in [1.82, 2.24) is 20.4 Å². The van der Waals surface area contributed by atoms with Gasteiger partial charge in [-0.1, -0.05) is 12.1 Å². The molecule has 130 valence electrons. The van der Waals surface area contributed by atoms with Crippen LogP contribution in [0.5, 0.6) is 5.75 Å². The Hall–Kier alpha value is -2.50. The van der Waals surface area contributed by atoms with Crippen LogP contribution < -0.4 is 15.4 Å². The van der Waals surface area contributed by atoms with E-state index in [0.717, 1.165) is 18.6 Å². The molecule has 0 aliphatic rings. The van der Waals surface area contributed by atoms with Gasteiger partial charge in [0.2, 0.25) is 0 Å². The zero-order valence-corrected chi connectivity index (χ0v) is 14.5. The molecule has 0 aliphatic carbocycles. The van der Waals surface area contributed by atoms with Gasteiger partial charge in [-0.15, -0.1) is 0 Å². The molecule has 2 amide bonds. The van der Waals surface area contributed by atoms with Gasteiger partial charge >= 0.3 is 6.03 Å². The first kappa shape index (κ1) is 17.8. The summed E-state index contributed by atoms with van der Waals surface area (Å²) < 4.78 is 6.95. The Kier molecular flexibility index (Phi) is 6.66. The van der Waals surface area contributed by atoms with E-state index in [1.54, 1.807) is 18.0 Å². The minimum Gasteiger partial charge on any atom is -0.497 e. The largest absolute Gasteiger partial charge is 0.497 e. The van der Waals surface area contributed by atoms with Crippen LogP contribution in [0.25, 0.3) is 0 Å². The zero-order valence-electron chi connectivity index (χ0n) is 14.5. The number of carbonyl (C=O) groups excluding carboxylic acids is 1. The van der Waals surface area contributed by atoms with Gasteiger partial charge in [-0.25, -0.2) is 4.79 Å². The zero-order chi connectivity index (χ0) is 17.4. The lowest BCUT2D eigenvalue weighted by Crippen LogP contribution is -2.45. The smallest absolute Gasteiger partial charge is 0.315 e. The number of ether oxygens (including phenoxy) is 1. The van der Waals surface area contributed by atoms with E-state index in [-0.39, 0.29) is 18.1 Å². The average molecular weight is 330 g/mol. The van der Waals surface area contributed by atoms with Crippen LogP contribution in [0.3, 0.4) is 0 Å². The van der Waals surface area contributed by atoms with E-state index in [0.29, 0.717) is 6.54 Å². The van der Waals surface area contributed by atoms with Crippen molar-refractivity contribution in [3.63, 3.8) is 0 Å². The summed E-state index contributed by atoms with van der Waals surface area (Å²) in [5, 5.41) is 10.0.